The van der Waals surface area contributed by atoms with Crippen LogP contribution in [0, 0.1) is 0 Å². The summed E-state index contributed by atoms with van der Waals surface area (Å²) >= 11 is 6.78. The molecule has 0 aromatic heterocycles. The summed E-state index contributed by atoms with van der Waals surface area (Å²) in [4.78, 5) is 20.7. The standard InChI is InChI=1S/C18H21Br2O3P/c1-2-3-4-13-18(24(21,22)23,14-5-9-16(19)10-6-14)15-7-11-17(20)12-8-15/h5-12H,2-4,13H2,1H3,(H2,21,22,23). The molecule has 0 aliphatic rings. The SMILES string of the molecule is CCCCCC(c1ccc(Br)cc1)(c1ccc(Br)cc1)P(=O)(O)O. The Morgan fingerprint density at radius 3 is 1.62 bits per heavy atom. The Morgan fingerprint density at radius 1 is 0.875 bits per heavy atom. The van der Waals surface area contributed by atoms with Crippen molar-refractivity contribution in [1.29, 1.82) is 0 Å². The van der Waals surface area contributed by atoms with Crippen molar-refractivity contribution in [2.75, 3.05) is 0 Å². The zero-order valence-electron chi connectivity index (χ0n) is 13.5. The smallest absolute Gasteiger partial charge is 0.324 e. The molecule has 3 nitrogen and oxygen atoms in total. The van der Waals surface area contributed by atoms with Gasteiger partial charge in [-0.25, -0.2) is 0 Å². The van der Waals surface area contributed by atoms with Crippen molar-refractivity contribution >= 4 is 39.5 Å². The highest BCUT2D eigenvalue weighted by Gasteiger charge is 2.49. The highest BCUT2D eigenvalue weighted by atomic mass is 79.9. The van der Waals surface area contributed by atoms with Gasteiger partial charge in [-0.1, -0.05) is 82.3 Å². The molecule has 0 radical (unpaired) electrons. The van der Waals surface area contributed by atoms with Crippen molar-refractivity contribution in [2.24, 2.45) is 0 Å². The third kappa shape index (κ3) is 4.20. The molecule has 0 unspecified atom stereocenters. The summed E-state index contributed by atoms with van der Waals surface area (Å²) < 4.78 is 14.5. The van der Waals surface area contributed by atoms with E-state index in [-0.39, 0.29) is 0 Å². The summed E-state index contributed by atoms with van der Waals surface area (Å²) in [6.45, 7) is 2.08. The predicted octanol–water partition coefficient (Wildman–Crippen LogP) is 6.21. The molecule has 0 fully saturated rings. The van der Waals surface area contributed by atoms with Crippen molar-refractivity contribution in [3.8, 4) is 0 Å². The van der Waals surface area contributed by atoms with Crippen LogP contribution >= 0.6 is 39.5 Å². The van der Waals surface area contributed by atoms with Gasteiger partial charge in [0.15, 0.2) is 0 Å². The van der Waals surface area contributed by atoms with Crippen molar-refractivity contribution < 1.29 is 14.4 Å². The first-order valence-electron chi connectivity index (χ1n) is 7.89. The molecular weight excluding hydrogens is 455 g/mol. The van der Waals surface area contributed by atoms with Gasteiger partial charge < -0.3 is 9.79 Å². The molecule has 0 bridgehead atoms. The first-order chi connectivity index (χ1) is 11.3. The molecular formula is C18H21Br2O3P. The average Bonchev–Trinajstić information content (AvgIpc) is 2.53. The van der Waals surface area contributed by atoms with E-state index >= 15 is 0 Å². The number of unbranched alkanes of at least 4 members (excludes halogenated alkanes) is 2. The Labute approximate surface area is 159 Å². The Morgan fingerprint density at radius 2 is 1.29 bits per heavy atom. The third-order valence-corrected chi connectivity index (χ3v) is 7.07. The summed E-state index contributed by atoms with van der Waals surface area (Å²) in [7, 11) is -4.45. The normalized spacial score (nSPS) is 12.4. The van der Waals surface area contributed by atoms with Gasteiger partial charge in [0.1, 0.15) is 5.16 Å². The molecule has 6 heteroatoms. The second-order valence-corrected chi connectivity index (χ2v) is 9.56. The van der Waals surface area contributed by atoms with E-state index in [9.17, 15) is 14.4 Å². The van der Waals surface area contributed by atoms with Gasteiger partial charge in [0, 0.05) is 8.95 Å². The van der Waals surface area contributed by atoms with Crippen LogP contribution in [0.1, 0.15) is 43.7 Å². The fraction of sp³-hybridized carbons (Fsp3) is 0.333. The zero-order chi connectivity index (χ0) is 17.8. The largest absolute Gasteiger partial charge is 0.340 e. The Kier molecular flexibility index (Phi) is 6.86. The van der Waals surface area contributed by atoms with E-state index in [1.807, 2.05) is 24.3 Å². The number of hydrogen-bond donors (Lipinski definition) is 2. The molecule has 0 saturated heterocycles. The number of rotatable bonds is 7. The molecule has 0 aliphatic carbocycles. The topological polar surface area (TPSA) is 57.5 Å². The summed E-state index contributed by atoms with van der Waals surface area (Å²) in [5.74, 6) is 0. The first-order valence-corrected chi connectivity index (χ1v) is 11.1. The van der Waals surface area contributed by atoms with Crippen LogP contribution in [0.15, 0.2) is 57.5 Å². The molecule has 2 aromatic rings. The van der Waals surface area contributed by atoms with Crippen molar-refractivity contribution in [2.45, 2.75) is 37.8 Å². The minimum absolute atomic E-state index is 0.411. The molecule has 0 saturated carbocycles. The van der Waals surface area contributed by atoms with Crippen LogP contribution in [0.4, 0.5) is 0 Å². The average molecular weight is 476 g/mol. The molecule has 2 rings (SSSR count). The summed E-state index contributed by atoms with van der Waals surface area (Å²) in [6, 6.07) is 14.5. The number of hydrogen-bond acceptors (Lipinski definition) is 1. The predicted molar refractivity (Wildman–Crippen MR) is 105 cm³/mol. The third-order valence-electron chi connectivity index (χ3n) is 4.28. The molecule has 0 heterocycles. The van der Waals surface area contributed by atoms with Crippen molar-refractivity contribution in [3.05, 3.63) is 68.6 Å². The van der Waals surface area contributed by atoms with Crippen LogP contribution < -0.4 is 0 Å². The van der Waals surface area contributed by atoms with Gasteiger partial charge >= 0.3 is 7.60 Å². The van der Waals surface area contributed by atoms with Crippen molar-refractivity contribution in [3.63, 3.8) is 0 Å². The van der Waals surface area contributed by atoms with Crippen LogP contribution in [0.3, 0.4) is 0 Å². The van der Waals surface area contributed by atoms with Gasteiger partial charge in [0.25, 0.3) is 0 Å². The highest BCUT2D eigenvalue weighted by Crippen LogP contribution is 2.63. The lowest BCUT2D eigenvalue weighted by Crippen LogP contribution is -2.28. The molecule has 0 spiro atoms. The van der Waals surface area contributed by atoms with E-state index in [2.05, 4.69) is 38.8 Å². The lowest BCUT2D eigenvalue weighted by atomic mass is 9.85. The summed E-state index contributed by atoms with van der Waals surface area (Å²) in [5.41, 5.74) is 1.30. The van der Waals surface area contributed by atoms with E-state index in [0.717, 1.165) is 28.2 Å². The lowest BCUT2D eigenvalue weighted by Gasteiger charge is -2.36. The summed E-state index contributed by atoms with van der Waals surface area (Å²) in [6.07, 6.45) is 3.11. The minimum atomic E-state index is -4.45. The molecule has 0 amide bonds. The van der Waals surface area contributed by atoms with Gasteiger partial charge in [0.2, 0.25) is 0 Å². The maximum absolute atomic E-state index is 12.7. The van der Waals surface area contributed by atoms with Crippen LogP contribution in [-0.4, -0.2) is 9.79 Å². The number of benzene rings is 2. The number of halogens is 2. The second kappa shape index (κ2) is 8.29. The fourth-order valence-corrected chi connectivity index (χ4v) is 4.97. The van der Waals surface area contributed by atoms with Crippen LogP contribution in [0.5, 0.6) is 0 Å². The van der Waals surface area contributed by atoms with Gasteiger partial charge in [0.05, 0.1) is 0 Å². The monoisotopic (exact) mass is 474 g/mol. The van der Waals surface area contributed by atoms with E-state index < -0.39 is 12.8 Å². The maximum atomic E-state index is 12.7. The molecule has 24 heavy (non-hydrogen) atoms. The molecule has 130 valence electrons. The van der Waals surface area contributed by atoms with Gasteiger partial charge in [-0.2, -0.15) is 0 Å². The minimum Gasteiger partial charge on any atom is -0.324 e. The van der Waals surface area contributed by atoms with Crippen LogP contribution in [0.2, 0.25) is 0 Å². The molecule has 2 aromatic carbocycles. The van der Waals surface area contributed by atoms with E-state index in [0.29, 0.717) is 17.5 Å². The molecule has 0 aliphatic heterocycles. The van der Waals surface area contributed by atoms with Gasteiger partial charge in [-0.3, -0.25) is 4.57 Å². The lowest BCUT2D eigenvalue weighted by molar-refractivity contribution is 0.329. The Hall–Kier alpha value is -0.450. The first kappa shape index (κ1) is 19.9. The maximum Gasteiger partial charge on any atom is 0.340 e. The van der Waals surface area contributed by atoms with E-state index in [4.69, 9.17) is 0 Å². The van der Waals surface area contributed by atoms with Crippen molar-refractivity contribution in [1.82, 2.24) is 0 Å². The zero-order valence-corrected chi connectivity index (χ0v) is 17.5. The van der Waals surface area contributed by atoms with Gasteiger partial charge in [-0.15, -0.1) is 0 Å². The second-order valence-electron chi connectivity index (χ2n) is 5.88. The quantitative estimate of drug-likeness (QED) is 0.369. The van der Waals surface area contributed by atoms with Crippen LogP contribution in [0.25, 0.3) is 0 Å². The molecule has 2 N–H and O–H groups in total. The van der Waals surface area contributed by atoms with Gasteiger partial charge in [-0.05, 0) is 41.8 Å². The molecule has 0 atom stereocenters. The fourth-order valence-electron chi connectivity index (χ4n) is 3.02. The van der Waals surface area contributed by atoms with E-state index in [1.54, 1.807) is 24.3 Å². The van der Waals surface area contributed by atoms with E-state index in [1.165, 1.54) is 0 Å². The highest BCUT2D eigenvalue weighted by molar-refractivity contribution is 9.10. The summed E-state index contributed by atoms with van der Waals surface area (Å²) in [5, 5.41) is -1.32. The Bertz CT molecular complexity index is 663. The Balaban J connectivity index is 2.65. The van der Waals surface area contributed by atoms with Crippen LogP contribution in [-0.2, 0) is 9.72 Å².